The van der Waals surface area contributed by atoms with Gasteiger partial charge in [0.1, 0.15) is 5.75 Å². The second kappa shape index (κ2) is 7.91. The lowest BCUT2D eigenvalue weighted by molar-refractivity contribution is 0.102. The summed E-state index contributed by atoms with van der Waals surface area (Å²) >= 11 is 1.58. The van der Waals surface area contributed by atoms with Gasteiger partial charge in [-0.25, -0.2) is 9.67 Å². The first-order valence-electron chi connectivity index (χ1n) is 9.86. The van der Waals surface area contributed by atoms with Gasteiger partial charge in [0, 0.05) is 16.9 Å². The molecule has 0 bridgehead atoms. The summed E-state index contributed by atoms with van der Waals surface area (Å²) < 4.78 is 8.42. The predicted octanol–water partition coefficient (Wildman–Crippen LogP) is 5.37. The number of nitrogens with one attached hydrogen (secondary N) is 1. The number of aromatic nitrogens is 3. The third-order valence-electron chi connectivity index (χ3n) is 4.94. The van der Waals surface area contributed by atoms with E-state index in [0.29, 0.717) is 17.9 Å². The predicted molar refractivity (Wildman–Crippen MR) is 121 cm³/mol. The van der Waals surface area contributed by atoms with Gasteiger partial charge in [-0.3, -0.25) is 4.79 Å². The van der Waals surface area contributed by atoms with Crippen LogP contribution in [0.25, 0.3) is 15.3 Å². The summed E-state index contributed by atoms with van der Waals surface area (Å²) in [7, 11) is 0. The summed E-state index contributed by atoms with van der Waals surface area (Å²) in [4.78, 5) is 17.7. The van der Waals surface area contributed by atoms with Crippen LogP contribution in [0.15, 0.2) is 36.4 Å². The minimum Gasteiger partial charge on any atom is -0.494 e. The van der Waals surface area contributed by atoms with Gasteiger partial charge < -0.3 is 10.1 Å². The molecule has 4 rings (SSSR count). The van der Waals surface area contributed by atoms with E-state index in [4.69, 9.17) is 9.72 Å². The normalized spacial score (nSPS) is 11.1. The number of carbonyl (C=O) groups excluding carboxylic acids is 1. The zero-order valence-electron chi connectivity index (χ0n) is 17.7. The van der Waals surface area contributed by atoms with Gasteiger partial charge in [0.25, 0.3) is 5.91 Å². The Morgan fingerprint density at radius 3 is 2.67 bits per heavy atom. The molecular formula is C23H24N4O2S. The number of hydrogen-bond donors (Lipinski definition) is 1. The molecule has 1 N–H and O–H groups in total. The summed E-state index contributed by atoms with van der Waals surface area (Å²) in [5.74, 6) is 0.524. The maximum Gasteiger partial charge on any atom is 0.255 e. The Hall–Kier alpha value is -3.19. The Balaban J connectivity index is 1.70. The lowest BCUT2D eigenvalue weighted by atomic mass is 10.1. The van der Waals surface area contributed by atoms with E-state index in [9.17, 15) is 4.79 Å². The van der Waals surface area contributed by atoms with E-state index in [-0.39, 0.29) is 5.91 Å². The van der Waals surface area contributed by atoms with Crippen LogP contribution in [0.1, 0.15) is 39.8 Å². The second-order valence-corrected chi connectivity index (χ2v) is 8.27. The maximum absolute atomic E-state index is 12.9. The van der Waals surface area contributed by atoms with E-state index in [1.807, 2.05) is 63.6 Å². The van der Waals surface area contributed by atoms with Crippen LogP contribution in [-0.4, -0.2) is 27.3 Å². The zero-order chi connectivity index (χ0) is 21.4. The summed E-state index contributed by atoms with van der Waals surface area (Å²) in [6.45, 7) is 10.5. The lowest BCUT2D eigenvalue weighted by Gasteiger charge is -2.13. The molecule has 0 saturated heterocycles. The SMILES string of the molecule is CCOc1cccc(C(=O)Nc2c(C)cc3nc(-n4nc(C)cc4C)sc3c2C)c1. The minimum absolute atomic E-state index is 0.162. The van der Waals surface area contributed by atoms with Crippen molar-refractivity contribution >= 4 is 33.1 Å². The highest BCUT2D eigenvalue weighted by Crippen LogP contribution is 2.35. The number of aryl methyl sites for hydroxylation is 4. The summed E-state index contributed by atoms with van der Waals surface area (Å²) in [5.41, 5.74) is 6.27. The van der Waals surface area contributed by atoms with Crippen molar-refractivity contribution in [1.29, 1.82) is 0 Å². The molecule has 7 heteroatoms. The standard InChI is InChI=1S/C23H24N4O2S/c1-6-29-18-9-7-8-17(12-18)22(28)25-20-13(2)10-19-21(16(20)5)30-23(24-19)27-15(4)11-14(3)26-27/h7-12H,6H2,1-5H3,(H,25,28). The lowest BCUT2D eigenvalue weighted by Crippen LogP contribution is -2.14. The number of nitrogens with zero attached hydrogens (tertiary/aromatic N) is 3. The molecule has 1 amide bonds. The Morgan fingerprint density at radius 1 is 1.17 bits per heavy atom. The number of anilines is 1. The minimum atomic E-state index is -0.162. The van der Waals surface area contributed by atoms with Crippen LogP contribution < -0.4 is 10.1 Å². The Labute approximate surface area is 179 Å². The molecule has 6 nitrogen and oxygen atoms in total. The zero-order valence-corrected chi connectivity index (χ0v) is 18.6. The largest absolute Gasteiger partial charge is 0.494 e. The molecule has 154 valence electrons. The van der Waals surface area contributed by atoms with Crippen LogP contribution in [-0.2, 0) is 0 Å². The van der Waals surface area contributed by atoms with Gasteiger partial charge in [0.15, 0.2) is 0 Å². The van der Waals surface area contributed by atoms with Gasteiger partial charge in [-0.2, -0.15) is 5.10 Å². The second-order valence-electron chi connectivity index (χ2n) is 7.29. The third kappa shape index (κ3) is 3.68. The van der Waals surface area contributed by atoms with Crippen molar-refractivity contribution in [3.63, 3.8) is 0 Å². The van der Waals surface area contributed by atoms with E-state index < -0.39 is 0 Å². The first-order chi connectivity index (χ1) is 14.4. The summed E-state index contributed by atoms with van der Waals surface area (Å²) in [6, 6.07) is 11.3. The molecule has 0 radical (unpaired) electrons. The highest BCUT2D eigenvalue weighted by Gasteiger charge is 2.17. The molecule has 2 heterocycles. The fourth-order valence-electron chi connectivity index (χ4n) is 3.56. The molecule has 0 aliphatic heterocycles. The van der Waals surface area contributed by atoms with E-state index in [2.05, 4.69) is 10.4 Å². The van der Waals surface area contributed by atoms with E-state index >= 15 is 0 Å². The number of carbonyl (C=O) groups is 1. The topological polar surface area (TPSA) is 69.0 Å². The van der Waals surface area contributed by atoms with Gasteiger partial charge in [-0.15, -0.1) is 0 Å². The fraction of sp³-hybridized carbons (Fsp3) is 0.261. The number of fused-ring (bicyclic) bond motifs is 1. The van der Waals surface area contributed by atoms with Crippen molar-refractivity contribution in [3.05, 3.63) is 64.5 Å². The number of hydrogen-bond acceptors (Lipinski definition) is 5. The summed E-state index contributed by atoms with van der Waals surface area (Å²) in [6.07, 6.45) is 0. The van der Waals surface area contributed by atoms with Gasteiger partial charge in [-0.05, 0) is 76.1 Å². The van der Waals surface area contributed by atoms with Gasteiger partial charge in [-0.1, -0.05) is 17.4 Å². The van der Waals surface area contributed by atoms with E-state index in [1.54, 1.807) is 23.5 Å². The molecule has 0 aliphatic rings. The molecule has 30 heavy (non-hydrogen) atoms. The molecule has 0 fully saturated rings. The highest BCUT2D eigenvalue weighted by molar-refractivity contribution is 7.21. The molecule has 0 spiro atoms. The molecule has 2 aromatic carbocycles. The average Bonchev–Trinajstić information content (AvgIpc) is 3.27. The highest BCUT2D eigenvalue weighted by atomic mass is 32.1. The van der Waals surface area contributed by atoms with Crippen LogP contribution in [0.4, 0.5) is 5.69 Å². The quantitative estimate of drug-likeness (QED) is 0.471. The van der Waals surface area contributed by atoms with E-state index in [1.165, 1.54) is 0 Å². The van der Waals surface area contributed by atoms with Crippen LogP contribution in [0.3, 0.4) is 0 Å². The van der Waals surface area contributed by atoms with Crippen molar-refractivity contribution in [3.8, 4) is 10.9 Å². The maximum atomic E-state index is 12.9. The van der Waals surface area contributed by atoms with Crippen molar-refractivity contribution in [2.45, 2.75) is 34.6 Å². The smallest absolute Gasteiger partial charge is 0.255 e. The Morgan fingerprint density at radius 2 is 1.97 bits per heavy atom. The number of benzene rings is 2. The molecule has 4 aromatic rings. The van der Waals surface area contributed by atoms with Crippen molar-refractivity contribution in [2.24, 2.45) is 0 Å². The van der Waals surface area contributed by atoms with Crippen LogP contribution >= 0.6 is 11.3 Å². The molecule has 0 aliphatic carbocycles. The number of amides is 1. The van der Waals surface area contributed by atoms with E-state index in [0.717, 1.165) is 43.6 Å². The first kappa shape index (κ1) is 20.1. The van der Waals surface area contributed by atoms with Crippen LogP contribution in [0, 0.1) is 27.7 Å². The molecular weight excluding hydrogens is 396 g/mol. The molecule has 0 atom stereocenters. The molecule has 2 aromatic heterocycles. The number of ether oxygens (including phenoxy) is 1. The summed E-state index contributed by atoms with van der Waals surface area (Å²) in [5, 5.41) is 8.45. The van der Waals surface area contributed by atoms with Gasteiger partial charge in [0.05, 0.1) is 22.5 Å². The number of thiazole rings is 1. The Kier molecular flexibility index (Phi) is 5.30. The van der Waals surface area contributed by atoms with Crippen molar-refractivity contribution in [1.82, 2.24) is 14.8 Å². The monoisotopic (exact) mass is 420 g/mol. The van der Waals surface area contributed by atoms with Crippen LogP contribution in [0.2, 0.25) is 0 Å². The van der Waals surface area contributed by atoms with Crippen LogP contribution in [0.5, 0.6) is 5.75 Å². The third-order valence-corrected chi connectivity index (χ3v) is 6.11. The van der Waals surface area contributed by atoms with Crippen molar-refractivity contribution < 1.29 is 9.53 Å². The molecule has 0 saturated carbocycles. The average molecular weight is 421 g/mol. The van der Waals surface area contributed by atoms with Gasteiger partial charge >= 0.3 is 0 Å². The molecule has 0 unspecified atom stereocenters. The Bertz CT molecular complexity index is 1260. The van der Waals surface area contributed by atoms with Crippen molar-refractivity contribution in [2.75, 3.05) is 11.9 Å². The first-order valence-corrected chi connectivity index (χ1v) is 10.7. The number of rotatable bonds is 5. The fourth-order valence-corrected chi connectivity index (χ4v) is 4.62. The van der Waals surface area contributed by atoms with Gasteiger partial charge in [0.2, 0.25) is 5.13 Å².